The Bertz CT molecular complexity index is 1490. The zero-order valence-electron chi connectivity index (χ0n) is 19.3. The summed E-state index contributed by atoms with van der Waals surface area (Å²) in [7, 11) is -3.86. The highest BCUT2D eigenvalue weighted by Gasteiger charge is 2.31. The molecule has 3 N–H and O–H groups in total. The Balaban J connectivity index is 1.43. The smallest absolute Gasteiger partial charge is 0.406 e. The Morgan fingerprint density at radius 1 is 1.08 bits per heavy atom. The first-order chi connectivity index (χ1) is 18.0. The molecule has 1 amide bonds. The van der Waals surface area contributed by atoms with Crippen LogP contribution >= 0.6 is 11.3 Å². The second-order valence-electron chi connectivity index (χ2n) is 7.89. The van der Waals surface area contributed by atoms with Crippen molar-refractivity contribution in [1.82, 2.24) is 25.2 Å². The third kappa shape index (κ3) is 6.95. The van der Waals surface area contributed by atoms with Crippen molar-refractivity contribution in [1.29, 1.82) is 0 Å². The van der Waals surface area contributed by atoms with E-state index in [-0.39, 0.29) is 22.9 Å². The number of nitrogens with zero attached hydrogens (tertiary/aromatic N) is 3. The zero-order valence-corrected chi connectivity index (χ0v) is 20.9. The minimum Gasteiger partial charge on any atom is -0.406 e. The lowest BCUT2D eigenvalue weighted by atomic mass is 10.1. The minimum atomic E-state index is -4.84. The standard InChI is InChI=1S/C23H20F3N5O5S2/c24-23(25,26)36-18-8-6-15(7-9-18)12-19(22(32)29-33)31-14-17(28-30-31)13-27-38(34,35)21-11-10-20(37-21)16-4-2-1-3-5-16/h1-11,14,19,27,33H,12-13H2,(H,29,32). The van der Waals surface area contributed by atoms with E-state index in [2.05, 4.69) is 19.8 Å². The molecule has 0 saturated heterocycles. The quantitative estimate of drug-likeness (QED) is 0.197. The highest BCUT2D eigenvalue weighted by molar-refractivity contribution is 7.91. The third-order valence-electron chi connectivity index (χ3n) is 5.22. The Kier molecular flexibility index (Phi) is 8.11. The number of carbonyl (C=O) groups excluding carboxylic acids is 1. The van der Waals surface area contributed by atoms with Gasteiger partial charge >= 0.3 is 6.36 Å². The molecular weight excluding hydrogens is 547 g/mol. The predicted octanol–water partition coefficient (Wildman–Crippen LogP) is 3.67. The Hall–Kier alpha value is -3.79. The van der Waals surface area contributed by atoms with Crippen molar-refractivity contribution in [2.75, 3.05) is 0 Å². The molecule has 1 unspecified atom stereocenters. The van der Waals surface area contributed by atoms with Gasteiger partial charge in [0.15, 0.2) is 0 Å². The number of alkyl halides is 3. The molecule has 0 fully saturated rings. The van der Waals surface area contributed by atoms with Gasteiger partial charge in [0.1, 0.15) is 16.0 Å². The van der Waals surface area contributed by atoms with Crippen LogP contribution in [0.5, 0.6) is 5.75 Å². The van der Waals surface area contributed by atoms with Crippen molar-refractivity contribution in [3.05, 3.63) is 84.2 Å². The van der Waals surface area contributed by atoms with E-state index in [4.69, 9.17) is 5.21 Å². The normalized spacial score (nSPS) is 12.7. The highest BCUT2D eigenvalue weighted by Crippen LogP contribution is 2.30. The SMILES string of the molecule is O=C(NO)C(Cc1ccc(OC(F)(F)F)cc1)n1cc(CNS(=O)(=O)c2ccc(-c3ccccc3)s2)nn1. The molecule has 200 valence electrons. The maximum atomic E-state index is 12.8. The summed E-state index contributed by atoms with van der Waals surface area (Å²) in [5, 5.41) is 16.9. The second kappa shape index (κ2) is 11.3. The number of carbonyl (C=O) groups is 1. The van der Waals surface area contributed by atoms with Gasteiger partial charge in [0.05, 0.1) is 18.4 Å². The van der Waals surface area contributed by atoms with Crippen molar-refractivity contribution in [2.24, 2.45) is 0 Å². The molecule has 2 aromatic carbocycles. The van der Waals surface area contributed by atoms with Crippen LogP contribution in [-0.4, -0.2) is 40.9 Å². The summed E-state index contributed by atoms with van der Waals surface area (Å²) in [6.07, 6.45) is -3.58. The molecule has 4 rings (SSSR count). The Morgan fingerprint density at radius 3 is 2.45 bits per heavy atom. The van der Waals surface area contributed by atoms with E-state index in [1.54, 1.807) is 6.07 Å². The molecule has 0 radical (unpaired) electrons. The summed E-state index contributed by atoms with van der Waals surface area (Å²) >= 11 is 1.11. The van der Waals surface area contributed by atoms with Gasteiger partial charge in [0.2, 0.25) is 10.0 Å². The summed E-state index contributed by atoms with van der Waals surface area (Å²) in [6, 6.07) is 16.2. The molecule has 2 heterocycles. The molecule has 0 bridgehead atoms. The summed E-state index contributed by atoms with van der Waals surface area (Å²) in [5.74, 6) is -1.29. The lowest BCUT2D eigenvalue weighted by Gasteiger charge is -2.15. The number of amides is 1. The molecule has 0 spiro atoms. The molecule has 4 aromatic rings. The Labute approximate surface area is 218 Å². The summed E-state index contributed by atoms with van der Waals surface area (Å²) in [6.45, 7) is -0.224. The van der Waals surface area contributed by atoms with Gasteiger partial charge in [-0.2, -0.15) is 0 Å². The van der Waals surface area contributed by atoms with Gasteiger partial charge in [-0.25, -0.2) is 23.3 Å². The first-order valence-corrected chi connectivity index (χ1v) is 13.2. The summed E-state index contributed by atoms with van der Waals surface area (Å²) < 4.78 is 70.1. The molecular formula is C23H20F3N5O5S2. The van der Waals surface area contributed by atoms with Crippen LogP contribution in [0, 0.1) is 0 Å². The number of nitrogens with one attached hydrogen (secondary N) is 2. The lowest BCUT2D eigenvalue weighted by Crippen LogP contribution is -2.32. The molecule has 0 saturated carbocycles. The number of aromatic nitrogens is 3. The van der Waals surface area contributed by atoms with Crippen molar-refractivity contribution in [3.8, 4) is 16.2 Å². The predicted molar refractivity (Wildman–Crippen MR) is 130 cm³/mol. The largest absolute Gasteiger partial charge is 0.573 e. The van der Waals surface area contributed by atoms with Crippen LogP contribution in [0.3, 0.4) is 0 Å². The number of sulfonamides is 1. The maximum Gasteiger partial charge on any atom is 0.573 e. The number of halogens is 3. The molecule has 0 aliphatic rings. The average Bonchev–Trinajstić information content (AvgIpc) is 3.57. The number of hydrogen-bond acceptors (Lipinski definition) is 8. The fraction of sp³-hybridized carbons (Fsp3) is 0.174. The minimum absolute atomic E-state index is 0.0648. The number of rotatable bonds is 10. The lowest BCUT2D eigenvalue weighted by molar-refractivity contribution is -0.274. The van der Waals surface area contributed by atoms with Crippen LogP contribution < -0.4 is 14.9 Å². The molecule has 1 atom stereocenters. The molecule has 0 aliphatic carbocycles. The van der Waals surface area contributed by atoms with Crippen LogP contribution in [0.2, 0.25) is 0 Å². The van der Waals surface area contributed by atoms with E-state index in [0.29, 0.717) is 5.56 Å². The van der Waals surface area contributed by atoms with Gasteiger partial charge in [-0.1, -0.05) is 47.7 Å². The molecule has 0 aliphatic heterocycles. The van der Waals surface area contributed by atoms with E-state index in [0.717, 1.165) is 38.6 Å². The third-order valence-corrected chi connectivity index (χ3v) is 8.25. The van der Waals surface area contributed by atoms with Crippen LogP contribution in [0.4, 0.5) is 13.2 Å². The van der Waals surface area contributed by atoms with Crippen LogP contribution in [0.25, 0.3) is 10.4 Å². The molecule has 10 nitrogen and oxygen atoms in total. The zero-order chi connectivity index (χ0) is 27.3. The number of hydrogen-bond donors (Lipinski definition) is 3. The van der Waals surface area contributed by atoms with Gasteiger partial charge in [0, 0.05) is 11.3 Å². The van der Waals surface area contributed by atoms with Crippen molar-refractivity contribution >= 4 is 27.3 Å². The van der Waals surface area contributed by atoms with Gasteiger partial charge in [-0.05, 0) is 35.4 Å². The number of ether oxygens (including phenoxy) is 1. The fourth-order valence-corrected chi connectivity index (χ4v) is 5.80. The first-order valence-electron chi connectivity index (χ1n) is 10.9. The number of thiophene rings is 1. The second-order valence-corrected chi connectivity index (χ2v) is 11.0. The molecule has 15 heteroatoms. The molecule has 38 heavy (non-hydrogen) atoms. The monoisotopic (exact) mass is 567 g/mol. The van der Waals surface area contributed by atoms with Gasteiger partial charge < -0.3 is 4.74 Å². The van der Waals surface area contributed by atoms with E-state index in [1.165, 1.54) is 29.9 Å². The van der Waals surface area contributed by atoms with Crippen LogP contribution in [0.15, 0.2) is 77.1 Å². The van der Waals surface area contributed by atoms with E-state index in [1.807, 2.05) is 30.3 Å². The van der Waals surface area contributed by atoms with E-state index in [9.17, 15) is 26.4 Å². The average molecular weight is 568 g/mol. The van der Waals surface area contributed by atoms with Crippen molar-refractivity contribution in [2.45, 2.75) is 29.6 Å². The van der Waals surface area contributed by atoms with E-state index >= 15 is 0 Å². The number of hydroxylamine groups is 1. The van der Waals surface area contributed by atoms with Crippen LogP contribution in [0.1, 0.15) is 17.3 Å². The summed E-state index contributed by atoms with van der Waals surface area (Å²) in [4.78, 5) is 13.1. The van der Waals surface area contributed by atoms with Crippen molar-refractivity contribution in [3.63, 3.8) is 0 Å². The maximum absolute atomic E-state index is 12.8. The number of benzene rings is 2. The van der Waals surface area contributed by atoms with Gasteiger partial charge in [-0.15, -0.1) is 29.6 Å². The van der Waals surface area contributed by atoms with Gasteiger partial charge in [0.25, 0.3) is 5.91 Å². The highest BCUT2D eigenvalue weighted by atomic mass is 32.2. The van der Waals surface area contributed by atoms with Crippen molar-refractivity contribution < 1.29 is 36.3 Å². The fourth-order valence-electron chi connectivity index (χ4n) is 3.44. The van der Waals surface area contributed by atoms with Crippen LogP contribution in [-0.2, 0) is 27.8 Å². The Morgan fingerprint density at radius 2 is 1.79 bits per heavy atom. The van der Waals surface area contributed by atoms with Gasteiger partial charge in [-0.3, -0.25) is 10.0 Å². The molecule has 2 aromatic heterocycles. The topological polar surface area (TPSA) is 135 Å². The summed E-state index contributed by atoms with van der Waals surface area (Å²) in [5.41, 5.74) is 3.04. The van der Waals surface area contributed by atoms with E-state index < -0.39 is 34.1 Å². The first kappa shape index (κ1) is 27.3.